The predicted molar refractivity (Wildman–Crippen MR) is 137 cm³/mol. The number of halogens is 1. The molecule has 4 N–H and O–H groups in total. The molecule has 9 nitrogen and oxygen atoms in total. The van der Waals surface area contributed by atoms with Gasteiger partial charge < -0.3 is 30.5 Å². The van der Waals surface area contributed by atoms with Gasteiger partial charge in [-0.15, -0.1) is 0 Å². The highest BCUT2D eigenvalue weighted by Crippen LogP contribution is 2.34. The summed E-state index contributed by atoms with van der Waals surface area (Å²) in [7, 11) is 1.53. The number of anilines is 1. The second-order valence-corrected chi connectivity index (χ2v) is 9.66. The summed E-state index contributed by atoms with van der Waals surface area (Å²) in [6, 6.07) is 9.34. The van der Waals surface area contributed by atoms with Crippen LogP contribution in [0.2, 0.25) is 5.02 Å². The number of carbonyl (C=O) groups is 1. The third-order valence-electron chi connectivity index (χ3n) is 6.85. The number of aliphatic hydroxyl groups is 1. The molecule has 0 saturated carbocycles. The first kappa shape index (κ1) is 24.7. The largest absolute Gasteiger partial charge is 0.482 e. The molecule has 190 valence electrons. The van der Waals surface area contributed by atoms with E-state index in [1.807, 2.05) is 18.2 Å². The molecule has 2 aromatic carbocycles. The quantitative estimate of drug-likeness (QED) is 0.364. The molecule has 1 aromatic heterocycles. The van der Waals surface area contributed by atoms with Crippen LogP contribution < -0.4 is 25.4 Å². The number of aliphatic hydroxyl groups excluding tert-OH is 1. The highest BCUT2D eigenvalue weighted by Gasteiger charge is 2.28. The number of nitrogens with zero attached hydrogens (tertiary/aromatic N) is 2. The fourth-order valence-electron chi connectivity index (χ4n) is 4.98. The zero-order chi connectivity index (χ0) is 25.1. The number of rotatable bonds is 8. The fraction of sp³-hybridized carbons (Fsp3) is 0.423. The Hall–Kier alpha value is -2.98. The van der Waals surface area contributed by atoms with Crippen LogP contribution in [0.25, 0.3) is 11.0 Å². The van der Waals surface area contributed by atoms with Gasteiger partial charge in [0, 0.05) is 23.2 Å². The highest BCUT2D eigenvalue weighted by molar-refractivity contribution is 6.32. The van der Waals surface area contributed by atoms with E-state index in [-0.39, 0.29) is 18.6 Å². The molecule has 2 aliphatic rings. The molecule has 5 rings (SSSR count). The first-order valence-corrected chi connectivity index (χ1v) is 12.6. The lowest BCUT2D eigenvalue weighted by Gasteiger charge is -2.33. The standard InChI is InChI=1S/C26H30ClN5O4/c1-35-24-13-30-18-6-5-17(27)25(26(18)32-24)21(33)10-19(16-3-2-8-28-12-16)29-11-15-4-7-22-20(9-15)31-23(34)14-36-22/h4-7,9,13,16,19,21,28-29,33H,2-3,8,10-12,14H2,1H3,(H,31,34). The van der Waals surface area contributed by atoms with E-state index in [9.17, 15) is 9.90 Å². The summed E-state index contributed by atoms with van der Waals surface area (Å²) in [6.07, 6.45) is 3.30. The Morgan fingerprint density at radius 2 is 2.22 bits per heavy atom. The lowest BCUT2D eigenvalue weighted by Crippen LogP contribution is -2.44. The Labute approximate surface area is 214 Å². The van der Waals surface area contributed by atoms with E-state index in [0.717, 1.165) is 31.5 Å². The predicted octanol–water partition coefficient (Wildman–Crippen LogP) is 3.20. The Kier molecular flexibility index (Phi) is 7.52. The van der Waals surface area contributed by atoms with Crippen molar-refractivity contribution in [1.82, 2.24) is 20.6 Å². The number of benzene rings is 2. The number of nitrogens with one attached hydrogen (secondary N) is 3. The SMILES string of the molecule is COc1cnc2ccc(Cl)c(C(O)CC(NCc3ccc4c(c3)NC(=O)CO4)C3CCCNC3)c2n1. The number of methoxy groups -OCH3 is 1. The van der Waals surface area contributed by atoms with Crippen LogP contribution in [0.5, 0.6) is 11.6 Å². The van der Waals surface area contributed by atoms with Crippen molar-refractivity contribution in [3.05, 3.63) is 52.7 Å². The minimum absolute atomic E-state index is 0.0135. The second kappa shape index (κ2) is 11.0. The summed E-state index contributed by atoms with van der Waals surface area (Å²) in [5.74, 6) is 1.22. The van der Waals surface area contributed by atoms with Crippen molar-refractivity contribution in [1.29, 1.82) is 0 Å². The summed E-state index contributed by atoms with van der Waals surface area (Å²) in [5.41, 5.74) is 3.44. The average Bonchev–Trinajstić information content (AvgIpc) is 2.90. The molecule has 1 fully saturated rings. The van der Waals surface area contributed by atoms with Crippen LogP contribution in [0.1, 0.15) is 36.5 Å². The van der Waals surface area contributed by atoms with Crippen LogP contribution in [-0.4, -0.2) is 53.8 Å². The number of ether oxygens (including phenoxy) is 2. The van der Waals surface area contributed by atoms with E-state index >= 15 is 0 Å². The van der Waals surface area contributed by atoms with E-state index in [4.69, 9.17) is 21.1 Å². The van der Waals surface area contributed by atoms with E-state index in [0.29, 0.717) is 57.8 Å². The maximum atomic E-state index is 11.7. The van der Waals surface area contributed by atoms with Gasteiger partial charge in [0.2, 0.25) is 5.88 Å². The molecule has 3 atom stereocenters. The van der Waals surface area contributed by atoms with Crippen molar-refractivity contribution in [3.63, 3.8) is 0 Å². The number of piperidine rings is 1. The molecular formula is C26H30ClN5O4. The van der Waals surface area contributed by atoms with Crippen molar-refractivity contribution < 1.29 is 19.4 Å². The summed E-state index contributed by atoms with van der Waals surface area (Å²) in [4.78, 5) is 20.6. The lowest BCUT2D eigenvalue weighted by atomic mass is 9.86. The normalized spacial score (nSPS) is 19.2. The Morgan fingerprint density at radius 3 is 3.03 bits per heavy atom. The summed E-state index contributed by atoms with van der Waals surface area (Å²) in [5, 5.41) is 21.9. The van der Waals surface area contributed by atoms with Crippen molar-refractivity contribution >= 4 is 34.2 Å². The number of fused-ring (bicyclic) bond motifs is 2. The number of hydrogen-bond donors (Lipinski definition) is 4. The van der Waals surface area contributed by atoms with E-state index in [1.54, 1.807) is 18.3 Å². The van der Waals surface area contributed by atoms with Crippen LogP contribution in [0.15, 0.2) is 36.5 Å². The first-order valence-electron chi connectivity index (χ1n) is 12.2. The van der Waals surface area contributed by atoms with Crippen LogP contribution in [0.4, 0.5) is 5.69 Å². The zero-order valence-corrected chi connectivity index (χ0v) is 20.8. The summed E-state index contributed by atoms with van der Waals surface area (Å²) in [6.45, 7) is 2.48. The molecule has 3 heterocycles. The fourth-order valence-corrected chi connectivity index (χ4v) is 5.26. The lowest BCUT2D eigenvalue weighted by molar-refractivity contribution is -0.118. The summed E-state index contributed by atoms with van der Waals surface area (Å²) >= 11 is 6.57. The maximum Gasteiger partial charge on any atom is 0.262 e. The molecule has 3 aromatic rings. The van der Waals surface area contributed by atoms with Crippen molar-refractivity contribution in [2.45, 2.75) is 38.0 Å². The molecule has 1 amide bonds. The van der Waals surface area contributed by atoms with Gasteiger partial charge in [0.1, 0.15) is 11.3 Å². The smallest absolute Gasteiger partial charge is 0.262 e. The number of hydrogen-bond acceptors (Lipinski definition) is 8. The number of amides is 1. The molecule has 36 heavy (non-hydrogen) atoms. The number of carbonyl (C=O) groups excluding carboxylic acids is 1. The van der Waals surface area contributed by atoms with E-state index in [2.05, 4.69) is 25.9 Å². The molecule has 2 aliphatic heterocycles. The molecule has 0 radical (unpaired) electrons. The molecule has 3 unspecified atom stereocenters. The van der Waals surface area contributed by atoms with Gasteiger partial charge in [-0.3, -0.25) is 4.79 Å². The van der Waals surface area contributed by atoms with Crippen molar-refractivity contribution in [3.8, 4) is 11.6 Å². The Balaban J connectivity index is 1.37. The molecule has 10 heteroatoms. The van der Waals surface area contributed by atoms with Crippen molar-refractivity contribution in [2.75, 3.05) is 32.1 Å². The Morgan fingerprint density at radius 1 is 1.33 bits per heavy atom. The minimum Gasteiger partial charge on any atom is -0.482 e. The average molecular weight is 512 g/mol. The van der Waals surface area contributed by atoms with Crippen LogP contribution >= 0.6 is 11.6 Å². The van der Waals surface area contributed by atoms with Gasteiger partial charge >= 0.3 is 0 Å². The molecular weight excluding hydrogens is 482 g/mol. The molecule has 0 aliphatic carbocycles. The second-order valence-electron chi connectivity index (χ2n) is 9.25. The third-order valence-corrected chi connectivity index (χ3v) is 7.18. The first-order chi connectivity index (χ1) is 17.5. The van der Waals surface area contributed by atoms with Gasteiger partial charge in [0.05, 0.1) is 30.6 Å². The van der Waals surface area contributed by atoms with Gasteiger partial charge in [0.15, 0.2) is 6.61 Å². The molecule has 0 spiro atoms. The monoisotopic (exact) mass is 511 g/mol. The van der Waals surface area contributed by atoms with Gasteiger partial charge in [0.25, 0.3) is 5.91 Å². The Bertz CT molecular complexity index is 1250. The van der Waals surface area contributed by atoms with E-state index < -0.39 is 6.10 Å². The maximum absolute atomic E-state index is 11.7. The molecule has 1 saturated heterocycles. The van der Waals surface area contributed by atoms with Crippen LogP contribution in [0.3, 0.4) is 0 Å². The minimum atomic E-state index is -0.849. The third kappa shape index (κ3) is 5.39. The van der Waals surface area contributed by atoms with Crippen LogP contribution in [-0.2, 0) is 11.3 Å². The number of aromatic nitrogens is 2. The highest BCUT2D eigenvalue weighted by atomic mass is 35.5. The topological polar surface area (TPSA) is 118 Å². The zero-order valence-electron chi connectivity index (χ0n) is 20.1. The summed E-state index contributed by atoms with van der Waals surface area (Å²) < 4.78 is 10.7. The van der Waals surface area contributed by atoms with Crippen LogP contribution in [0, 0.1) is 5.92 Å². The van der Waals surface area contributed by atoms with Gasteiger partial charge in [-0.05, 0) is 68.1 Å². The van der Waals surface area contributed by atoms with Gasteiger partial charge in [-0.2, -0.15) is 0 Å². The van der Waals surface area contributed by atoms with Gasteiger partial charge in [-0.25, -0.2) is 9.97 Å². The van der Waals surface area contributed by atoms with E-state index in [1.165, 1.54) is 7.11 Å². The molecule has 0 bridgehead atoms. The van der Waals surface area contributed by atoms with Crippen molar-refractivity contribution in [2.24, 2.45) is 5.92 Å². The van der Waals surface area contributed by atoms with Gasteiger partial charge in [-0.1, -0.05) is 17.7 Å².